The van der Waals surface area contributed by atoms with E-state index in [1.807, 2.05) is 0 Å². The number of carbonyl (C=O) groups excluding carboxylic acids is 2. The first kappa shape index (κ1) is 11.2. The largest absolute Gasteiger partial charge is 0.469 e. The van der Waals surface area contributed by atoms with Crippen molar-refractivity contribution in [3.8, 4) is 0 Å². The zero-order valence-electron chi connectivity index (χ0n) is 10.2. The van der Waals surface area contributed by atoms with E-state index in [2.05, 4.69) is 4.90 Å². The third-order valence-electron chi connectivity index (χ3n) is 4.76. The molecule has 1 aliphatic carbocycles. The number of esters is 1. The van der Waals surface area contributed by atoms with Crippen molar-refractivity contribution >= 4 is 11.8 Å². The fourth-order valence-electron chi connectivity index (χ4n) is 3.98. The van der Waals surface area contributed by atoms with Gasteiger partial charge in [0.05, 0.1) is 19.1 Å². The van der Waals surface area contributed by atoms with Gasteiger partial charge in [0.25, 0.3) is 0 Å². The number of rotatable bonds is 1. The molecule has 3 rings (SSSR count). The fourth-order valence-corrected chi connectivity index (χ4v) is 3.98. The van der Waals surface area contributed by atoms with Gasteiger partial charge in [-0.05, 0) is 38.6 Å². The molecule has 3 fully saturated rings. The second-order valence-electron chi connectivity index (χ2n) is 5.51. The lowest BCUT2D eigenvalue weighted by atomic mass is 9.77. The summed E-state index contributed by atoms with van der Waals surface area (Å²) in [5.74, 6) is 0.299. The molecule has 3 aliphatic rings. The molecular weight excluding hydrogens is 218 g/mol. The van der Waals surface area contributed by atoms with Crippen molar-refractivity contribution in [1.29, 1.82) is 0 Å². The smallest absolute Gasteiger partial charge is 0.308 e. The van der Waals surface area contributed by atoms with E-state index in [0.717, 1.165) is 32.2 Å². The van der Waals surface area contributed by atoms with Gasteiger partial charge in [-0.2, -0.15) is 0 Å². The van der Waals surface area contributed by atoms with Crippen LogP contribution in [0.1, 0.15) is 32.1 Å². The van der Waals surface area contributed by atoms with Crippen molar-refractivity contribution in [2.45, 2.75) is 44.2 Å². The van der Waals surface area contributed by atoms with Crippen LogP contribution in [0.3, 0.4) is 0 Å². The molecule has 4 heteroatoms. The number of carbonyl (C=O) groups is 2. The number of hydrogen-bond donors (Lipinski definition) is 0. The normalized spacial score (nSPS) is 41.1. The Balaban J connectivity index is 1.76. The zero-order valence-corrected chi connectivity index (χ0v) is 10.2. The Hall–Kier alpha value is -0.900. The van der Waals surface area contributed by atoms with Crippen LogP contribution in [0.5, 0.6) is 0 Å². The lowest BCUT2D eigenvalue weighted by Gasteiger charge is -2.33. The van der Waals surface area contributed by atoms with Gasteiger partial charge in [-0.3, -0.25) is 14.5 Å². The fraction of sp³-hybridized carbons (Fsp3) is 0.846. The number of ether oxygens (including phenoxy) is 1. The van der Waals surface area contributed by atoms with E-state index in [4.69, 9.17) is 4.74 Å². The maximum atomic E-state index is 12.3. The van der Waals surface area contributed by atoms with E-state index < -0.39 is 0 Å². The molecule has 0 aromatic heterocycles. The molecule has 2 heterocycles. The summed E-state index contributed by atoms with van der Waals surface area (Å²) in [7, 11) is 1.43. The summed E-state index contributed by atoms with van der Waals surface area (Å²) in [6.07, 6.45) is 4.75. The molecular formula is C13H19NO3. The molecule has 94 valence electrons. The van der Waals surface area contributed by atoms with Gasteiger partial charge in [0, 0.05) is 12.0 Å². The van der Waals surface area contributed by atoms with E-state index in [-0.39, 0.29) is 23.8 Å². The maximum absolute atomic E-state index is 12.3. The first-order valence-electron chi connectivity index (χ1n) is 6.59. The summed E-state index contributed by atoms with van der Waals surface area (Å²) in [5.41, 5.74) is 0. The lowest BCUT2D eigenvalue weighted by Crippen LogP contribution is -2.39. The van der Waals surface area contributed by atoms with Crippen molar-refractivity contribution in [2.24, 2.45) is 11.8 Å². The summed E-state index contributed by atoms with van der Waals surface area (Å²) in [4.78, 5) is 26.2. The van der Waals surface area contributed by atoms with Gasteiger partial charge in [-0.15, -0.1) is 0 Å². The topological polar surface area (TPSA) is 46.6 Å². The van der Waals surface area contributed by atoms with Gasteiger partial charge < -0.3 is 4.74 Å². The molecule has 1 saturated carbocycles. The highest BCUT2D eigenvalue weighted by atomic mass is 16.5. The molecule has 2 aliphatic heterocycles. The van der Waals surface area contributed by atoms with E-state index in [1.165, 1.54) is 7.11 Å². The Morgan fingerprint density at radius 2 is 2.18 bits per heavy atom. The van der Waals surface area contributed by atoms with Gasteiger partial charge in [0.15, 0.2) is 5.78 Å². The van der Waals surface area contributed by atoms with E-state index in [9.17, 15) is 9.59 Å². The number of ketones is 1. The van der Waals surface area contributed by atoms with Crippen LogP contribution in [0.25, 0.3) is 0 Å². The molecule has 0 spiro atoms. The van der Waals surface area contributed by atoms with Gasteiger partial charge in [-0.1, -0.05) is 0 Å². The summed E-state index contributed by atoms with van der Waals surface area (Å²) in [5, 5.41) is 0. The number of hydrogen-bond acceptors (Lipinski definition) is 4. The number of Topliss-reactive ketones (excluding diaryl/α,β-unsaturated/α-hetero) is 1. The van der Waals surface area contributed by atoms with Crippen molar-refractivity contribution < 1.29 is 14.3 Å². The average Bonchev–Trinajstić information content (AvgIpc) is 2.92. The average molecular weight is 237 g/mol. The minimum atomic E-state index is -0.136. The Labute approximate surface area is 101 Å². The van der Waals surface area contributed by atoms with Crippen LogP contribution >= 0.6 is 0 Å². The first-order valence-corrected chi connectivity index (χ1v) is 6.59. The minimum absolute atomic E-state index is 0.0507. The van der Waals surface area contributed by atoms with Crippen LogP contribution in [0.2, 0.25) is 0 Å². The lowest BCUT2D eigenvalue weighted by molar-refractivity contribution is -0.147. The molecule has 2 saturated heterocycles. The minimum Gasteiger partial charge on any atom is -0.469 e. The highest BCUT2D eigenvalue weighted by Gasteiger charge is 2.52. The van der Waals surface area contributed by atoms with E-state index in [0.29, 0.717) is 18.2 Å². The monoisotopic (exact) mass is 237 g/mol. The third kappa shape index (κ3) is 1.61. The molecule has 4 atom stereocenters. The predicted octanol–water partition coefficient (Wildman–Crippen LogP) is 0.991. The van der Waals surface area contributed by atoms with Crippen LogP contribution in [-0.4, -0.2) is 42.4 Å². The first-order chi connectivity index (χ1) is 8.22. The van der Waals surface area contributed by atoms with Crippen molar-refractivity contribution in [1.82, 2.24) is 4.90 Å². The highest BCUT2D eigenvalue weighted by molar-refractivity contribution is 5.90. The van der Waals surface area contributed by atoms with Gasteiger partial charge in [0.2, 0.25) is 0 Å². The molecule has 0 unspecified atom stereocenters. The summed E-state index contributed by atoms with van der Waals surface area (Å²) in [6, 6.07) is 0.581. The Morgan fingerprint density at radius 3 is 2.94 bits per heavy atom. The Bertz CT molecular complexity index is 355. The Morgan fingerprint density at radius 1 is 1.35 bits per heavy atom. The standard InChI is InChI=1S/C13H19NO3/c1-17-13(16)8-4-5-10-9(7-8)12(15)11-3-2-6-14(10)11/h8-11H,2-7H2,1H3/t8-,9+,10-,11+/m1/s1. The third-order valence-corrected chi connectivity index (χ3v) is 4.76. The van der Waals surface area contributed by atoms with Crippen LogP contribution in [0.15, 0.2) is 0 Å². The predicted molar refractivity (Wildman–Crippen MR) is 61.4 cm³/mol. The van der Waals surface area contributed by atoms with Gasteiger partial charge >= 0.3 is 5.97 Å². The van der Waals surface area contributed by atoms with Gasteiger partial charge in [0.1, 0.15) is 0 Å². The summed E-state index contributed by atoms with van der Waals surface area (Å²) in [6.45, 7) is 1.07. The summed E-state index contributed by atoms with van der Waals surface area (Å²) >= 11 is 0. The molecule has 0 aromatic rings. The van der Waals surface area contributed by atoms with Crippen LogP contribution in [-0.2, 0) is 14.3 Å². The van der Waals surface area contributed by atoms with Crippen LogP contribution < -0.4 is 0 Å². The SMILES string of the molecule is COC(=O)[C@@H]1CC[C@@H]2[C@H](C1)C(=O)[C@@H]1CCCN21. The quantitative estimate of drug-likeness (QED) is 0.638. The van der Waals surface area contributed by atoms with Crippen molar-refractivity contribution in [3.05, 3.63) is 0 Å². The molecule has 0 aromatic carbocycles. The molecule has 0 bridgehead atoms. The van der Waals surface area contributed by atoms with Crippen molar-refractivity contribution in [3.63, 3.8) is 0 Å². The van der Waals surface area contributed by atoms with Gasteiger partial charge in [-0.25, -0.2) is 0 Å². The number of methoxy groups -OCH3 is 1. The highest BCUT2D eigenvalue weighted by Crippen LogP contribution is 2.43. The molecule has 17 heavy (non-hydrogen) atoms. The maximum Gasteiger partial charge on any atom is 0.308 e. The van der Waals surface area contributed by atoms with Crippen molar-refractivity contribution in [2.75, 3.05) is 13.7 Å². The van der Waals surface area contributed by atoms with E-state index >= 15 is 0 Å². The Kier molecular flexibility index (Phi) is 2.69. The molecule has 0 amide bonds. The number of fused-ring (bicyclic) bond motifs is 3. The molecule has 4 nitrogen and oxygen atoms in total. The number of nitrogens with zero attached hydrogens (tertiary/aromatic N) is 1. The van der Waals surface area contributed by atoms with Crippen LogP contribution in [0, 0.1) is 11.8 Å². The summed E-state index contributed by atoms with van der Waals surface area (Å²) < 4.78 is 4.80. The zero-order chi connectivity index (χ0) is 12.0. The van der Waals surface area contributed by atoms with E-state index in [1.54, 1.807) is 0 Å². The molecule has 0 radical (unpaired) electrons. The molecule has 0 N–H and O–H groups in total. The van der Waals surface area contributed by atoms with Crippen LogP contribution in [0.4, 0.5) is 0 Å². The second kappa shape index (κ2) is 4.09. The second-order valence-corrected chi connectivity index (χ2v) is 5.51.